The Kier molecular flexibility index (Phi) is 4.16. The fourth-order valence-corrected chi connectivity index (χ4v) is 2.66. The van der Waals surface area contributed by atoms with Crippen molar-refractivity contribution in [3.8, 4) is 0 Å². The van der Waals surface area contributed by atoms with Crippen molar-refractivity contribution in [2.45, 2.75) is 63.7 Å². The van der Waals surface area contributed by atoms with Gasteiger partial charge in [0.1, 0.15) is 0 Å². The van der Waals surface area contributed by atoms with E-state index in [1.807, 2.05) is 0 Å². The molecule has 0 aliphatic heterocycles. The highest BCUT2D eigenvalue weighted by Crippen LogP contribution is 2.26. The van der Waals surface area contributed by atoms with Gasteiger partial charge in [0.25, 0.3) is 0 Å². The van der Waals surface area contributed by atoms with Crippen LogP contribution in [-0.2, 0) is 4.43 Å². The van der Waals surface area contributed by atoms with Crippen LogP contribution in [0.5, 0.6) is 0 Å². The highest BCUT2D eigenvalue weighted by Gasteiger charge is 2.28. The van der Waals surface area contributed by atoms with Gasteiger partial charge in [-0.1, -0.05) is 25.7 Å². The van der Waals surface area contributed by atoms with Gasteiger partial charge in [-0.2, -0.15) is 0 Å². The minimum atomic E-state index is -1.38. The Morgan fingerprint density at radius 3 is 2.00 bits per heavy atom. The summed E-state index contributed by atoms with van der Waals surface area (Å²) in [4.78, 5) is 0. The quantitative estimate of drug-likeness (QED) is 0.580. The lowest BCUT2D eigenvalue weighted by molar-refractivity contribution is 0.194. The van der Waals surface area contributed by atoms with Crippen LogP contribution < -0.4 is 5.73 Å². The summed E-state index contributed by atoms with van der Waals surface area (Å²) in [5, 5.41) is 0. The molecule has 3 heteroatoms. The molecule has 0 heterocycles. The summed E-state index contributed by atoms with van der Waals surface area (Å²) in [7, 11) is -1.38. The lowest BCUT2D eigenvalue weighted by Gasteiger charge is -2.31. The van der Waals surface area contributed by atoms with Crippen molar-refractivity contribution < 1.29 is 4.43 Å². The maximum absolute atomic E-state index is 6.36. The van der Waals surface area contributed by atoms with Crippen LogP contribution in [0.1, 0.15) is 38.5 Å². The average molecular weight is 215 g/mol. The normalized spacial score (nSPS) is 23.1. The predicted molar refractivity (Wildman–Crippen MR) is 63.9 cm³/mol. The van der Waals surface area contributed by atoms with E-state index in [0.717, 1.165) is 19.4 Å². The zero-order chi connectivity index (χ0) is 10.7. The van der Waals surface area contributed by atoms with E-state index in [9.17, 15) is 0 Å². The zero-order valence-corrected chi connectivity index (χ0v) is 10.9. The molecule has 1 fully saturated rings. The molecule has 0 bridgehead atoms. The second-order valence-electron chi connectivity index (χ2n) is 5.68. The van der Waals surface area contributed by atoms with Crippen LogP contribution in [0.3, 0.4) is 0 Å². The Hall–Kier alpha value is 0.137. The molecule has 0 amide bonds. The lowest BCUT2D eigenvalue weighted by Crippen LogP contribution is -2.47. The third-order valence-electron chi connectivity index (χ3n) is 2.89. The zero-order valence-electron chi connectivity index (χ0n) is 9.94. The van der Waals surface area contributed by atoms with Crippen molar-refractivity contribution in [3.63, 3.8) is 0 Å². The second-order valence-corrected chi connectivity index (χ2v) is 10.2. The molecule has 1 saturated carbocycles. The van der Waals surface area contributed by atoms with Crippen LogP contribution in [0.15, 0.2) is 0 Å². The van der Waals surface area contributed by atoms with E-state index in [2.05, 4.69) is 19.6 Å². The summed E-state index contributed by atoms with van der Waals surface area (Å²) in [6, 6.07) is 0. The minimum absolute atomic E-state index is 0.0171. The Balaban J connectivity index is 2.39. The van der Waals surface area contributed by atoms with Crippen molar-refractivity contribution in [2.24, 2.45) is 5.73 Å². The highest BCUT2D eigenvalue weighted by molar-refractivity contribution is 6.69. The molecule has 2 N–H and O–H groups in total. The summed E-state index contributed by atoms with van der Waals surface area (Å²) < 4.78 is 5.94. The molecule has 0 radical (unpaired) electrons. The average Bonchev–Trinajstić information content (AvgIpc) is 2.27. The van der Waals surface area contributed by atoms with Gasteiger partial charge in [0, 0.05) is 5.54 Å². The molecule has 0 aromatic heterocycles. The van der Waals surface area contributed by atoms with Gasteiger partial charge in [0.15, 0.2) is 8.32 Å². The molecule has 0 unspecified atom stereocenters. The van der Waals surface area contributed by atoms with Crippen LogP contribution in [0.25, 0.3) is 0 Å². The Labute approximate surface area is 89.3 Å². The van der Waals surface area contributed by atoms with Crippen molar-refractivity contribution in [1.29, 1.82) is 0 Å². The van der Waals surface area contributed by atoms with Gasteiger partial charge >= 0.3 is 0 Å². The van der Waals surface area contributed by atoms with E-state index < -0.39 is 8.32 Å². The number of rotatable bonds is 3. The molecule has 1 aliphatic rings. The number of nitrogens with two attached hydrogens (primary N) is 1. The molecule has 84 valence electrons. The topological polar surface area (TPSA) is 35.2 Å². The van der Waals surface area contributed by atoms with Gasteiger partial charge in [0.2, 0.25) is 0 Å². The number of hydrogen-bond donors (Lipinski definition) is 1. The largest absolute Gasteiger partial charge is 0.416 e. The molecule has 2 nitrogen and oxygen atoms in total. The van der Waals surface area contributed by atoms with Crippen molar-refractivity contribution in [1.82, 2.24) is 0 Å². The monoisotopic (exact) mass is 215 g/mol. The van der Waals surface area contributed by atoms with Crippen LogP contribution in [-0.4, -0.2) is 20.5 Å². The van der Waals surface area contributed by atoms with E-state index in [4.69, 9.17) is 10.2 Å². The second kappa shape index (κ2) is 4.77. The first-order valence-corrected chi connectivity index (χ1v) is 9.25. The van der Waals surface area contributed by atoms with Gasteiger partial charge in [0.05, 0.1) is 6.61 Å². The van der Waals surface area contributed by atoms with Crippen LogP contribution in [0.4, 0.5) is 0 Å². The lowest BCUT2D eigenvalue weighted by atomic mass is 9.93. The molecule has 1 rings (SSSR count). The summed E-state index contributed by atoms with van der Waals surface area (Å²) in [5.41, 5.74) is 6.35. The Morgan fingerprint density at radius 1 is 1.07 bits per heavy atom. The number of hydrogen-bond acceptors (Lipinski definition) is 2. The van der Waals surface area contributed by atoms with Crippen LogP contribution in [0, 0.1) is 0 Å². The first kappa shape index (κ1) is 12.2. The standard InChI is InChI=1S/C11H25NOSi/c1-14(2,3)13-10-11(12)8-6-4-5-7-9-11/h4-10,12H2,1-3H3. The fraction of sp³-hybridized carbons (Fsp3) is 1.00. The first-order valence-electron chi connectivity index (χ1n) is 5.84. The molecular formula is C11H25NOSi. The third-order valence-corrected chi connectivity index (χ3v) is 3.90. The molecule has 0 aromatic rings. The van der Waals surface area contributed by atoms with Crippen LogP contribution in [0.2, 0.25) is 19.6 Å². The van der Waals surface area contributed by atoms with E-state index >= 15 is 0 Å². The van der Waals surface area contributed by atoms with Gasteiger partial charge < -0.3 is 10.2 Å². The van der Waals surface area contributed by atoms with Gasteiger partial charge in [-0.15, -0.1) is 0 Å². The summed E-state index contributed by atoms with van der Waals surface area (Å²) in [5.74, 6) is 0. The first-order chi connectivity index (χ1) is 6.41. The van der Waals surface area contributed by atoms with E-state index in [1.54, 1.807) is 0 Å². The summed E-state index contributed by atoms with van der Waals surface area (Å²) in [6.45, 7) is 7.47. The summed E-state index contributed by atoms with van der Waals surface area (Å²) >= 11 is 0. The van der Waals surface area contributed by atoms with Crippen molar-refractivity contribution in [3.05, 3.63) is 0 Å². The SMILES string of the molecule is C[Si](C)(C)OCC1(N)CCCCCC1. The fourth-order valence-electron chi connectivity index (χ4n) is 1.94. The van der Waals surface area contributed by atoms with Gasteiger partial charge in [-0.05, 0) is 32.5 Å². The van der Waals surface area contributed by atoms with E-state index in [0.29, 0.717) is 0 Å². The smallest absolute Gasteiger partial charge is 0.183 e. The third kappa shape index (κ3) is 4.58. The Morgan fingerprint density at radius 2 is 1.57 bits per heavy atom. The van der Waals surface area contributed by atoms with E-state index in [1.165, 1.54) is 25.7 Å². The molecule has 0 saturated heterocycles. The molecule has 14 heavy (non-hydrogen) atoms. The van der Waals surface area contributed by atoms with E-state index in [-0.39, 0.29) is 5.54 Å². The van der Waals surface area contributed by atoms with Gasteiger partial charge in [-0.3, -0.25) is 0 Å². The molecule has 0 spiro atoms. The molecular weight excluding hydrogens is 190 g/mol. The maximum Gasteiger partial charge on any atom is 0.183 e. The highest BCUT2D eigenvalue weighted by atomic mass is 28.4. The van der Waals surface area contributed by atoms with Crippen LogP contribution >= 0.6 is 0 Å². The van der Waals surface area contributed by atoms with Crippen molar-refractivity contribution >= 4 is 8.32 Å². The van der Waals surface area contributed by atoms with Crippen molar-refractivity contribution in [2.75, 3.05) is 6.61 Å². The molecule has 0 aromatic carbocycles. The predicted octanol–water partition coefficient (Wildman–Crippen LogP) is 2.89. The molecule has 0 atom stereocenters. The Bertz CT molecular complexity index is 169. The molecule has 1 aliphatic carbocycles. The van der Waals surface area contributed by atoms with Gasteiger partial charge in [-0.25, -0.2) is 0 Å². The maximum atomic E-state index is 6.36. The summed E-state index contributed by atoms with van der Waals surface area (Å²) in [6.07, 6.45) is 7.57. The minimum Gasteiger partial charge on any atom is -0.416 e.